The van der Waals surface area contributed by atoms with Crippen LogP contribution in [0.25, 0.3) is 0 Å². The van der Waals surface area contributed by atoms with Gasteiger partial charge in [-0.05, 0) is 12.8 Å². The molecule has 18 heavy (non-hydrogen) atoms. The Hall–Kier alpha value is -1.29. The van der Waals surface area contributed by atoms with E-state index in [1.54, 1.807) is 6.07 Å². The highest BCUT2D eigenvalue weighted by Gasteiger charge is 2.57. The van der Waals surface area contributed by atoms with Crippen LogP contribution in [-0.2, 0) is 0 Å². The first-order chi connectivity index (χ1) is 8.47. The van der Waals surface area contributed by atoms with Crippen LogP contribution in [0.4, 0.5) is 8.78 Å². The summed E-state index contributed by atoms with van der Waals surface area (Å²) in [7, 11) is 0. The van der Waals surface area contributed by atoms with Crippen LogP contribution in [0.5, 0.6) is 0 Å². The highest BCUT2D eigenvalue weighted by molar-refractivity contribution is 6.02. The summed E-state index contributed by atoms with van der Waals surface area (Å²) in [6.45, 7) is 0. The second-order valence-electron chi connectivity index (χ2n) is 4.86. The summed E-state index contributed by atoms with van der Waals surface area (Å²) in [6, 6.07) is 7.43. The molecule has 0 saturated heterocycles. The van der Waals surface area contributed by atoms with E-state index in [9.17, 15) is 18.7 Å². The highest BCUT2D eigenvalue weighted by Crippen LogP contribution is 2.42. The smallest absolute Gasteiger partial charge is 0.337 e. The SMILES string of the molecule is O=C(c1ccccc1)C(F)(F)C1(O)CCCCC1. The maximum Gasteiger partial charge on any atom is 0.337 e. The summed E-state index contributed by atoms with van der Waals surface area (Å²) in [5.74, 6) is -5.00. The lowest BCUT2D eigenvalue weighted by atomic mass is 9.77. The molecule has 1 saturated carbocycles. The molecule has 0 heterocycles. The number of alkyl halides is 2. The molecule has 0 bridgehead atoms. The Kier molecular flexibility index (Phi) is 3.48. The van der Waals surface area contributed by atoms with E-state index < -0.39 is 17.3 Å². The van der Waals surface area contributed by atoms with Crippen molar-refractivity contribution in [1.29, 1.82) is 0 Å². The fourth-order valence-electron chi connectivity index (χ4n) is 2.43. The van der Waals surface area contributed by atoms with E-state index in [4.69, 9.17) is 0 Å². The lowest BCUT2D eigenvalue weighted by molar-refractivity contribution is -0.165. The van der Waals surface area contributed by atoms with Crippen molar-refractivity contribution in [1.82, 2.24) is 0 Å². The molecule has 1 aromatic carbocycles. The number of hydrogen-bond donors (Lipinski definition) is 1. The Morgan fingerprint density at radius 2 is 1.67 bits per heavy atom. The average Bonchev–Trinajstić information content (AvgIpc) is 2.39. The third-order valence-corrected chi connectivity index (χ3v) is 3.59. The van der Waals surface area contributed by atoms with Gasteiger partial charge in [0, 0.05) is 5.56 Å². The molecule has 0 amide bonds. The summed E-state index contributed by atoms with van der Waals surface area (Å²) in [6.07, 6.45) is 1.87. The Morgan fingerprint density at radius 1 is 1.11 bits per heavy atom. The summed E-state index contributed by atoms with van der Waals surface area (Å²) in [5.41, 5.74) is -2.24. The Bertz CT molecular complexity index is 423. The van der Waals surface area contributed by atoms with Gasteiger partial charge in [-0.2, -0.15) is 8.78 Å². The zero-order valence-corrected chi connectivity index (χ0v) is 10.0. The molecular formula is C14H16F2O2. The van der Waals surface area contributed by atoms with Gasteiger partial charge in [-0.3, -0.25) is 4.79 Å². The van der Waals surface area contributed by atoms with Crippen LogP contribution >= 0.6 is 0 Å². The maximum absolute atomic E-state index is 14.2. The van der Waals surface area contributed by atoms with Crippen LogP contribution in [0.15, 0.2) is 30.3 Å². The minimum absolute atomic E-state index is 0.0153. The normalized spacial score (nSPS) is 19.5. The number of hydrogen-bond acceptors (Lipinski definition) is 2. The van der Waals surface area contributed by atoms with Gasteiger partial charge in [-0.1, -0.05) is 49.6 Å². The van der Waals surface area contributed by atoms with Crippen LogP contribution in [0.2, 0.25) is 0 Å². The molecule has 2 rings (SSSR count). The van der Waals surface area contributed by atoms with Gasteiger partial charge in [0.25, 0.3) is 0 Å². The Morgan fingerprint density at radius 3 is 2.22 bits per heavy atom. The zero-order valence-electron chi connectivity index (χ0n) is 10.0. The largest absolute Gasteiger partial charge is 0.383 e. The number of carbonyl (C=O) groups excluding carboxylic acids is 1. The predicted octanol–water partition coefficient (Wildman–Crippen LogP) is 3.20. The van der Waals surface area contributed by atoms with Crippen molar-refractivity contribution in [3.8, 4) is 0 Å². The van der Waals surface area contributed by atoms with Crippen molar-refractivity contribution < 1.29 is 18.7 Å². The van der Waals surface area contributed by atoms with Crippen LogP contribution in [-0.4, -0.2) is 22.4 Å². The van der Waals surface area contributed by atoms with Crippen LogP contribution < -0.4 is 0 Å². The molecule has 1 aliphatic rings. The molecule has 98 valence electrons. The van der Waals surface area contributed by atoms with Crippen LogP contribution in [0.1, 0.15) is 42.5 Å². The first-order valence-corrected chi connectivity index (χ1v) is 6.17. The topological polar surface area (TPSA) is 37.3 Å². The molecule has 4 heteroatoms. The molecule has 2 nitrogen and oxygen atoms in total. The van der Waals surface area contributed by atoms with Gasteiger partial charge < -0.3 is 5.11 Å². The first-order valence-electron chi connectivity index (χ1n) is 6.17. The van der Waals surface area contributed by atoms with E-state index >= 15 is 0 Å². The quantitative estimate of drug-likeness (QED) is 0.841. The van der Waals surface area contributed by atoms with E-state index in [1.807, 2.05) is 0 Å². The molecular weight excluding hydrogens is 238 g/mol. The van der Waals surface area contributed by atoms with Crippen LogP contribution in [0.3, 0.4) is 0 Å². The second kappa shape index (κ2) is 4.76. The van der Waals surface area contributed by atoms with Gasteiger partial charge in [-0.25, -0.2) is 0 Å². The van der Waals surface area contributed by atoms with Crippen molar-refractivity contribution in [3.05, 3.63) is 35.9 Å². The summed E-state index contributed by atoms with van der Waals surface area (Å²) >= 11 is 0. The van der Waals surface area contributed by atoms with Crippen LogP contribution in [0, 0.1) is 0 Å². The lowest BCUT2D eigenvalue weighted by Crippen LogP contribution is -2.54. The fourth-order valence-corrected chi connectivity index (χ4v) is 2.43. The Labute approximate surface area is 105 Å². The monoisotopic (exact) mass is 254 g/mol. The number of Topliss-reactive ketones (excluding diaryl/α,β-unsaturated/α-hetero) is 1. The molecule has 0 aliphatic heterocycles. The van der Waals surface area contributed by atoms with Crippen molar-refractivity contribution in [2.45, 2.75) is 43.6 Å². The number of benzene rings is 1. The van der Waals surface area contributed by atoms with E-state index in [1.165, 1.54) is 24.3 Å². The van der Waals surface area contributed by atoms with Crippen molar-refractivity contribution >= 4 is 5.78 Å². The van der Waals surface area contributed by atoms with Gasteiger partial charge in [0.2, 0.25) is 5.78 Å². The number of aliphatic hydroxyl groups is 1. The van der Waals surface area contributed by atoms with E-state index in [-0.39, 0.29) is 18.4 Å². The standard InChI is InChI=1S/C14H16F2O2/c15-14(16,13(18)9-5-2-6-10-13)12(17)11-7-3-1-4-8-11/h1,3-4,7-8,18H,2,5-6,9-10H2. The minimum atomic E-state index is -3.71. The highest BCUT2D eigenvalue weighted by atomic mass is 19.3. The second-order valence-corrected chi connectivity index (χ2v) is 4.86. The first kappa shape index (κ1) is 13.1. The maximum atomic E-state index is 14.2. The van der Waals surface area contributed by atoms with Gasteiger partial charge in [0.1, 0.15) is 5.60 Å². The van der Waals surface area contributed by atoms with Crippen molar-refractivity contribution in [2.75, 3.05) is 0 Å². The third-order valence-electron chi connectivity index (χ3n) is 3.59. The summed E-state index contributed by atoms with van der Waals surface area (Å²) < 4.78 is 28.3. The zero-order chi connectivity index (χ0) is 13.2. The number of ketones is 1. The molecule has 0 unspecified atom stereocenters. The van der Waals surface area contributed by atoms with Gasteiger partial charge in [0.05, 0.1) is 0 Å². The van der Waals surface area contributed by atoms with Gasteiger partial charge >= 0.3 is 5.92 Å². The van der Waals surface area contributed by atoms with E-state index in [0.29, 0.717) is 12.8 Å². The van der Waals surface area contributed by atoms with Crippen molar-refractivity contribution in [3.63, 3.8) is 0 Å². The number of halogens is 2. The molecule has 0 aromatic heterocycles. The molecule has 0 radical (unpaired) electrons. The third kappa shape index (κ3) is 2.17. The van der Waals surface area contributed by atoms with E-state index in [2.05, 4.69) is 0 Å². The molecule has 1 fully saturated rings. The van der Waals surface area contributed by atoms with Gasteiger partial charge in [-0.15, -0.1) is 0 Å². The molecule has 0 atom stereocenters. The lowest BCUT2D eigenvalue weighted by Gasteiger charge is -2.37. The summed E-state index contributed by atoms with van der Waals surface area (Å²) in [5, 5.41) is 10.1. The molecule has 0 spiro atoms. The predicted molar refractivity (Wildman–Crippen MR) is 63.8 cm³/mol. The van der Waals surface area contributed by atoms with E-state index in [0.717, 1.165) is 6.42 Å². The number of rotatable bonds is 3. The molecule has 1 N–H and O–H groups in total. The molecule has 1 aromatic rings. The van der Waals surface area contributed by atoms with Gasteiger partial charge in [0.15, 0.2) is 0 Å². The Balaban J connectivity index is 2.27. The summed E-state index contributed by atoms with van der Waals surface area (Å²) in [4.78, 5) is 11.9. The molecule has 1 aliphatic carbocycles. The number of carbonyl (C=O) groups is 1. The van der Waals surface area contributed by atoms with Crippen molar-refractivity contribution in [2.24, 2.45) is 0 Å². The minimum Gasteiger partial charge on any atom is -0.383 e. The fraction of sp³-hybridized carbons (Fsp3) is 0.500. The average molecular weight is 254 g/mol.